The first-order chi connectivity index (χ1) is 11.2. The summed E-state index contributed by atoms with van der Waals surface area (Å²) in [6, 6.07) is 7.25. The predicted octanol–water partition coefficient (Wildman–Crippen LogP) is 3.24. The molecule has 0 spiro atoms. The Bertz CT molecular complexity index is 932. The highest BCUT2D eigenvalue weighted by atomic mass is 19.4. The first-order valence-electron chi connectivity index (χ1n) is 6.93. The summed E-state index contributed by atoms with van der Waals surface area (Å²) in [6.07, 6.45) is -4.66. The number of halogens is 3. The van der Waals surface area contributed by atoms with E-state index in [2.05, 4.69) is 20.4 Å². The van der Waals surface area contributed by atoms with Gasteiger partial charge in [-0.05, 0) is 32.0 Å². The van der Waals surface area contributed by atoms with E-state index in [0.717, 1.165) is 16.5 Å². The predicted molar refractivity (Wildman–Crippen MR) is 80.6 cm³/mol. The number of amides is 1. The van der Waals surface area contributed by atoms with Crippen molar-refractivity contribution in [2.75, 3.05) is 5.32 Å². The van der Waals surface area contributed by atoms with Crippen LogP contribution in [0.15, 0.2) is 24.3 Å². The van der Waals surface area contributed by atoms with E-state index >= 15 is 0 Å². The molecule has 3 aromatic rings. The average molecular weight is 335 g/mol. The van der Waals surface area contributed by atoms with Gasteiger partial charge in [-0.3, -0.25) is 20.2 Å². The lowest BCUT2D eigenvalue weighted by Crippen LogP contribution is -2.15. The fraction of sp³-hybridized carbons (Fsp3) is 0.200. The first-order valence-corrected chi connectivity index (χ1v) is 6.93. The summed E-state index contributed by atoms with van der Waals surface area (Å²) in [6.45, 7) is 3.55. The van der Waals surface area contributed by atoms with Gasteiger partial charge in [-0.2, -0.15) is 18.2 Å². The maximum atomic E-state index is 12.5. The Balaban J connectivity index is 1.91. The third-order valence-corrected chi connectivity index (χ3v) is 3.38. The smallest absolute Gasteiger partial charge is 0.289 e. The van der Waals surface area contributed by atoms with Gasteiger partial charge in [0.25, 0.3) is 5.91 Å². The van der Waals surface area contributed by atoms with Crippen LogP contribution in [-0.2, 0) is 6.18 Å². The number of carbonyl (C=O) groups excluding carboxylic acids is 1. The molecule has 0 atom stereocenters. The van der Waals surface area contributed by atoms with Crippen LogP contribution in [0.2, 0.25) is 0 Å². The molecule has 2 N–H and O–H groups in total. The van der Waals surface area contributed by atoms with E-state index in [1.54, 1.807) is 18.1 Å². The van der Waals surface area contributed by atoms with Crippen molar-refractivity contribution in [2.45, 2.75) is 20.0 Å². The van der Waals surface area contributed by atoms with Gasteiger partial charge >= 0.3 is 6.18 Å². The van der Waals surface area contributed by atoms with Gasteiger partial charge in [-0.25, -0.2) is 0 Å². The topological polar surface area (TPSA) is 83.6 Å². The van der Waals surface area contributed by atoms with Crippen molar-refractivity contribution in [3.8, 4) is 0 Å². The second kappa shape index (κ2) is 5.59. The normalized spacial score (nSPS) is 11.7. The van der Waals surface area contributed by atoms with Crippen molar-refractivity contribution in [3.05, 3.63) is 46.9 Å². The van der Waals surface area contributed by atoms with E-state index in [1.165, 1.54) is 0 Å². The largest absolute Gasteiger partial charge is 0.451 e. The van der Waals surface area contributed by atoms with Gasteiger partial charge < -0.3 is 0 Å². The number of pyridine rings is 1. The van der Waals surface area contributed by atoms with E-state index in [-0.39, 0.29) is 5.56 Å². The number of nitrogens with one attached hydrogen (secondary N) is 2. The molecule has 0 aliphatic heterocycles. The van der Waals surface area contributed by atoms with Gasteiger partial charge in [0.2, 0.25) is 11.8 Å². The zero-order chi connectivity index (χ0) is 17.5. The molecular weight excluding hydrogens is 323 g/mol. The number of H-pyrrole nitrogens is 1. The van der Waals surface area contributed by atoms with Crippen molar-refractivity contribution < 1.29 is 18.0 Å². The van der Waals surface area contributed by atoms with Crippen molar-refractivity contribution >= 4 is 22.8 Å². The summed E-state index contributed by atoms with van der Waals surface area (Å²) in [5.74, 6) is -2.35. The van der Waals surface area contributed by atoms with Crippen LogP contribution in [-0.4, -0.2) is 26.1 Å². The number of aromatic nitrogens is 4. The highest BCUT2D eigenvalue weighted by Gasteiger charge is 2.35. The van der Waals surface area contributed by atoms with Gasteiger partial charge in [-0.15, -0.1) is 5.10 Å². The molecule has 0 radical (unpaired) electrons. The monoisotopic (exact) mass is 335 g/mol. The molecule has 0 fully saturated rings. The van der Waals surface area contributed by atoms with Gasteiger partial charge in [0.1, 0.15) is 0 Å². The Morgan fingerprint density at radius 3 is 2.58 bits per heavy atom. The summed E-state index contributed by atoms with van der Waals surface area (Å²) in [7, 11) is 0. The summed E-state index contributed by atoms with van der Waals surface area (Å²) < 4.78 is 37.4. The fourth-order valence-electron chi connectivity index (χ4n) is 2.24. The number of hydrogen-bond acceptors (Lipinski definition) is 4. The highest BCUT2D eigenvalue weighted by Crippen LogP contribution is 2.26. The van der Waals surface area contributed by atoms with E-state index in [9.17, 15) is 18.0 Å². The quantitative estimate of drug-likeness (QED) is 0.753. The molecule has 9 heteroatoms. The van der Waals surface area contributed by atoms with Crippen LogP contribution >= 0.6 is 0 Å². The number of benzene rings is 1. The molecule has 124 valence electrons. The number of carbonyl (C=O) groups is 1. The number of nitrogens with zero attached hydrogens (tertiary/aromatic N) is 3. The van der Waals surface area contributed by atoms with Crippen LogP contribution in [0, 0.1) is 13.8 Å². The molecular formula is C15H12F3N5O. The van der Waals surface area contributed by atoms with E-state index < -0.39 is 23.9 Å². The van der Waals surface area contributed by atoms with Crippen LogP contribution in [0.4, 0.5) is 19.1 Å². The lowest BCUT2D eigenvalue weighted by atomic mass is 10.1. The molecule has 0 unspecified atom stereocenters. The molecule has 0 saturated heterocycles. The lowest BCUT2D eigenvalue weighted by molar-refractivity contribution is -0.144. The minimum atomic E-state index is -4.66. The molecule has 0 saturated carbocycles. The third kappa shape index (κ3) is 3.05. The van der Waals surface area contributed by atoms with Crippen molar-refractivity contribution in [3.63, 3.8) is 0 Å². The minimum absolute atomic E-state index is 0.242. The molecule has 2 aromatic heterocycles. The van der Waals surface area contributed by atoms with Crippen LogP contribution in [0.5, 0.6) is 0 Å². The average Bonchev–Trinajstić information content (AvgIpc) is 2.95. The number of hydrogen-bond donors (Lipinski definition) is 2. The van der Waals surface area contributed by atoms with E-state index in [0.29, 0.717) is 5.69 Å². The number of alkyl halides is 3. The molecule has 0 bridgehead atoms. The SMILES string of the molecule is Cc1ccc2nc(C)c(C(=O)Nc3n[nH]c(C(F)(F)F)n3)cc2c1. The molecule has 0 aliphatic rings. The Morgan fingerprint density at radius 2 is 1.92 bits per heavy atom. The second-order valence-electron chi connectivity index (χ2n) is 5.28. The molecule has 0 aliphatic carbocycles. The third-order valence-electron chi connectivity index (χ3n) is 3.38. The Morgan fingerprint density at radius 1 is 1.17 bits per heavy atom. The fourth-order valence-corrected chi connectivity index (χ4v) is 2.24. The zero-order valence-electron chi connectivity index (χ0n) is 12.7. The van der Waals surface area contributed by atoms with Crippen molar-refractivity contribution in [1.29, 1.82) is 0 Å². The lowest BCUT2D eigenvalue weighted by Gasteiger charge is -2.07. The standard InChI is InChI=1S/C15H12F3N5O/c1-7-3-4-11-9(5-7)6-10(8(2)19-11)12(24)20-14-21-13(22-23-14)15(16,17)18/h3-6H,1-2H3,(H2,20,21,22,23,24). The van der Waals surface area contributed by atoms with Crippen LogP contribution in [0.3, 0.4) is 0 Å². The molecule has 6 nitrogen and oxygen atoms in total. The maximum Gasteiger partial charge on any atom is 0.451 e. The highest BCUT2D eigenvalue weighted by molar-refractivity contribution is 6.06. The number of rotatable bonds is 2. The summed E-state index contributed by atoms with van der Waals surface area (Å²) in [5, 5.41) is 8.08. The van der Waals surface area contributed by atoms with Gasteiger partial charge in [0.05, 0.1) is 16.8 Å². The molecule has 1 amide bonds. The molecule has 2 heterocycles. The maximum absolute atomic E-state index is 12.5. The van der Waals surface area contributed by atoms with Gasteiger partial charge in [0.15, 0.2) is 0 Å². The van der Waals surface area contributed by atoms with Crippen LogP contribution in [0.25, 0.3) is 10.9 Å². The van der Waals surface area contributed by atoms with Crippen molar-refractivity contribution in [1.82, 2.24) is 20.2 Å². The summed E-state index contributed by atoms with van der Waals surface area (Å²) in [5.41, 5.74) is 2.43. The van der Waals surface area contributed by atoms with E-state index in [4.69, 9.17) is 0 Å². The van der Waals surface area contributed by atoms with Gasteiger partial charge in [0, 0.05) is 5.39 Å². The second-order valence-corrected chi connectivity index (χ2v) is 5.28. The number of fused-ring (bicyclic) bond motifs is 1. The Hall–Kier alpha value is -2.97. The zero-order valence-corrected chi connectivity index (χ0v) is 12.7. The molecule has 1 aromatic carbocycles. The van der Waals surface area contributed by atoms with Crippen LogP contribution < -0.4 is 5.32 Å². The number of aromatic amines is 1. The minimum Gasteiger partial charge on any atom is -0.289 e. The summed E-state index contributed by atoms with van der Waals surface area (Å²) in [4.78, 5) is 19.8. The first kappa shape index (κ1) is 15.9. The Kier molecular flexibility index (Phi) is 3.70. The molecule has 24 heavy (non-hydrogen) atoms. The Labute approximate surface area is 134 Å². The number of anilines is 1. The van der Waals surface area contributed by atoms with Crippen molar-refractivity contribution in [2.24, 2.45) is 0 Å². The van der Waals surface area contributed by atoms with Crippen LogP contribution in [0.1, 0.15) is 27.4 Å². The summed E-state index contributed by atoms with van der Waals surface area (Å²) >= 11 is 0. The van der Waals surface area contributed by atoms with Gasteiger partial charge in [-0.1, -0.05) is 11.6 Å². The molecule has 3 rings (SSSR count). The number of aryl methyl sites for hydroxylation is 2. The van der Waals surface area contributed by atoms with E-state index in [1.807, 2.05) is 25.1 Å².